The molecule has 0 aromatic heterocycles. The van der Waals surface area contributed by atoms with Gasteiger partial charge in [0.15, 0.2) is 0 Å². The molecule has 2 fully saturated rings. The van der Waals surface area contributed by atoms with Crippen molar-refractivity contribution in [1.82, 2.24) is 10.6 Å². The molecule has 166 valence electrons. The van der Waals surface area contributed by atoms with Crippen molar-refractivity contribution in [2.24, 2.45) is 0 Å². The van der Waals surface area contributed by atoms with Crippen LogP contribution in [0.5, 0.6) is 0 Å². The summed E-state index contributed by atoms with van der Waals surface area (Å²) in [5.74, 6) is 0. The van der Waals surface area contributed by atoms with Gasteiger partial charge < -0.3 is 10.6 Å². The Labute approximate surface area is 185 Å². The molecule has 0 atom stereocenters. The highest BCUT2D eigenvalue weighted by molar-refractivity contribution is 5.90. The first kappa shape index (κ1) is 23.3. The van der Waals surface area contributed by atoms with Gasteiger partial charge in [-0.25, -0.2) is 0 Å². The maximum atomic E-state index is 3.89. The van der Waals surface area contributed by atoms with E-state index in [1.165, 1.54) is 97.2 Å². The fourth-order valence-electron chi connectivity index (χ4n) is 5.55. The molecule has 30 heavy (non-hydrogen) atoms. The summed E-state index contributed by atoms with van der Waals surface area (Å²) in [6.45, 7) is 6.65. The Bertz CT molecular complexity index is 798. The maximum Gasteiger partial charge on any atom is 0.0216 e. The molecule has 0 radical (unpaired) electrons. The fraction of sp³-hybridized carbons (Fsp3) is 0.643. The van der Waals surface area contributed by atoms with E-state index in [0.29, 0.717) is 6.04 Å². The van der Waals surface area contributed by atoms with Crippen LogP contribution in [0.15, 0.2) is 24.3 Å². The number of hydrogen-bond donors (Lipinski definition) is 2. The minimum absolute atomic E-state index is 0. The third kappa shape index (κ3) is 5.45. The second-order valence-corrected chi connectivity index (χ2v) is 9.43. The number of rotatable bonds is 7. The molecule has 0 heterocycles. The summed E-state index contributed by atoms with van der Waals surface area (Å²) in [6.07, 6.45) is 14.9. The normalized spacial score (nSPS) is 18.5. The predicted octanol–water partition coefficient (Wildman–Crippen LogP) is 7.19. The van der Waals surface area contributed by atoms with Gasteiger partial charge in [-0.15, -0.1) is 0 Å². The average molecular weight is 409 g/mol. The van der Waals surface area contributed by atoms with Gasteiger partial charge in [0, 0.05) is 25.2 Å². The van der Waals surface area contributed by atoms with Crippen LogP contribution < -0.4 is 10.6 Å². The highest BCUT2D eigenvalue weighted by atomic mass is 14.9. The molecule has 0 bridgehead atoms. The van der Waals surface area contributed by atoms with E-state index in [0.717, 1.165) is 25.6 Å². The van der Waals surface area contributed by atoms with Crippen LogP contribution in [0.3, 0.4) is 0 Å². The van der Waals surface area contributed by atoms with Crippen LogP contribution in [0.1, 0.15) is 101 Å². The number of fused-ring (bicyclic) bond motifs is 1. The van der Waals surface area contributed by atoms with E-state index in [4.69, 9.17) is 0 Å². The number of nitrogens with one attached hydrogen (secondary N) is 2. The highest BCUT2D eigenvalue weighted by Crippen LogP contribution is 2.29. The molecule has 0 aliphatic heterocycles. The minimum atomic E-state index is 0. The third-order valence-corrected chi connectivity index (χ3v) is 7.53. The van der Waals surface area contributed by atoms with E-state index in [-0.39, 0.29) is 7.43 Å². The van der Waals surface area contributed by atoms with Crippen molar-refractivity contribution in [3.05, 3.63) is 46.5 Å². The minimum Gasteiger partial charge on any atom is -0.310 e. The Morgan fingerprint density at radius 3 is 1.83 bits per heavy atom. The van der Waals surface area contributed by atoms with Gasteiger partial charge >= 0.3 is 0 Å². The third-order valence-electron chi connectivity index (χ3n) is 7.53. The summed E-state index contributed by atoms with van der Waals surface area (Å²) in [5.41, 5.74) is 5.98. The summed E-state index contributed by atoms with van der Waals surface area (Å²) < 4.78 is 0. The Kier molecular flexibility index (Phi) is 8.77. The van der Waals surface area contributed by atoms with Crippen molar-refractivity contribution >= 4 is 10.8 Å². The molecule has 2 aromatic carbocycles. The lowest BCUT2D eigenvalue weighted by Gasteiger charge is -2.25. The fourth-order valence-corrected chi connectivity index (χ4v) is 5.55. The molecule has 2 saturated carbocycles. The van der Waals surface area contributed by atoms with Gasteiger partial charge in [-0.3, -0.25) is 0 Å². The van der Waals surface area contributed by atoms with Crippen LogP contribution in [-0.2, 0) is 19.5 Å². The van der Waals surface area contributed by atoms with E-state index in [1.54, 1.807) is 0 Å². The van der Waals surface area contributed by atoms with Crippen LogP contribution >= 0.6 is 0 Å². The lowest BCUT2D eigenvalue weighted by atomic mass is 9.91. The lowest BCUT2D eigenvalue weighted by molar-refractivity contribution is 0.372. The Balaban J connectivity index is 0.00000256. The zero-order chi connectivity index (χ0) is 20.1. The number of benzene rings is 2. The first-order valence-electron chi connectivity index (χ1n) is 12.3. The van der Waals surface area contributed by atoms with Gasteiger partial charge in [0.25, 0.3) is 0 Å². The molecule has 0 amide bonds. The van der Waals surface area contributed by atoms with Crippen molar-refractivity contribution in [1.29, 1.82) is 0 Å². The van der Waals surface area contributed by atoms with Crippen LogP contribution in [0.2, 0.25) is 0 Å². The van der Waals surface area contributed by atoms with Crippen molar-refractivity contribution < 1.29 is 0 Å². The Morgan fingerprint density at radius 2 is 1.23 bits per heavy atom. The summed E-state index contributed by atoms with van der Waals surface area (Å²) in [6, 6.07) is 11.0. The quantitative estimate of drug-likeness (QED) is 0.506. The molecule has 2 nitrogen and oxygen atoms in total. The monoisotopic (exact) mass is 408 g/mol. The summed E-state index contributed by atoms with van der Waals surface area (Å²) in [4.78, 5) is 0. The smallest absolute Gasteiger partial charge is 0.0216 e. The molecule has 2 aromatic rings. The highest BCUT2D eigenvalue weighted by Gasteiger charge is 2.16. The second kappa shape index (κ2) is 11.3. The first-order chi connectivity index (χ1) is 14.3. The van der Waals surface area contributed by atoms with Crippen LogP contribution in [0, 0.1) is 6.92 Å². The second-order valence-electron chi connectivity index (χ2n) is 9.43. The standard InChI is InChI=1S/C27H40N2.CH4/c1-3-21-14-16-25-20(2)22(18-28-23-10-6-4-7-11-23)15-17-26(25)27(21)19-29-24-12-8-5-9-13-24;/h14-17,23-24,28-29H,3-13,18-19H2,1-2H3;1H4. The molecule has 2 heteroatoms. The molecule has 0 saturated heterocycles. The summed E-state index contributed by atoms with van der Waals surface area (Å²) in [5, 5.41) is 10.6. The molecular weight excluding hydrogens is 364 g/mol. The number of aryl methyl sites for hydroxylation is 2. The summed E-state index contributed by atoms with van der Waals surface area (Å²) >= 11 is 0. The average Bonchev–Trinajstić information content (AvgIpc) is 2.78. The van der Waals surface area contributed by atoms with Gasteiger partial charge in [0.2, 0.25) is 0 Å². The zero-order valence-corrected chi connectivity index (χ0v) is 18.7. The van der Waals surface area contributed by atoms with Gasteiger partial charge in [0.1, 0.15) is 0 Å². The zero-order valence-electron chi connectivity index (χ0n) is 18.7. The Morgan fingerprint density at radius 1 is 0.700 bits per heavy atom. The Hall–Kier alpha value is -1.38. The van der Waals surface area contributed by atoms with E-state index in [9.17, 15) is 0 Å². The van der Waals surface area contributed by atoms with E-state index in [1.807, 2.05) is 0 Å². The number of hydrogen-bond acceptors (Lipinski definition) is 2. The molecule has 2 aliphatic rings. The van der Waals surface area contributed by atoms with Crippen LogP contribution in [0.25, 0.3) is 10.8 Å². The van der Waals surface area contributed by atoms with Gasteiger partial charge in [-0.05, 0) is 72.1 Å². The SMILES string of the molecule is C.CCc1ccc2c(C)c(CNC3CCCCC3)ccc2c1CNC1CCCCC1. The van der Waals surface area contributed by atoms with Gasteiger partial charge in [-0.2, -0.15) is 0 Å². The molecule has 0 unspecified atom stereocenters. The maximum absolute atomic E-state index is 3.89. The van der Waals surface area contributed by atoms with Crippen molar-refractivity contribution in [2.45, 2.75) is 117 Å². The van der Waals surface area contributed by atoms with Gasteiger partial charge in [0.05, 0.1) is 0 Å². The molecule has 0 spiro atoms. The first-order valence-corrected chi connectivity index (χ1v) is 12.3. The van der Waals surface area contributed by atoms with E-state index < -0.39 is 0 Å². The van der Waals surface area contributed by atoms with Gasteiger partial charge in [-0.1, -0.05) is 77.1 Å². The van der Waals surface area contributed by atoms with Crippen LogP contribution in [0.4, 0.5) is 0 Å². The molecule has 2 N–H and O–H groups in total. The molecule has 2 aliphatic carbocycles. The van der Waals surface area contributed by atoms with E-state index >= 15 is 0 Å². The largest absolute Gasteiger partial charge is 0.310 e. The van der Waals surface area contributed by atoms with E-state index in [2.05, 4.69) is 48.7 Å². The van der Waals surface area contributed by atoms with Crippen molar-refractivity contribution in [3.8, 4) is 0 Å². The van der Waals surface area contributed by atoms with Crippen LogP contribution in [-0.4, -0.2) is 12.1 Å². The molecular formula is C28H44N2. The van der Waals surface area contributed by atoms with Crippen molar-refractivity contribution in [2.75, 3.05) is 0 Å². The lowest BCUT2D eigenvalue weighted by Crippen LogP contribution is -2.31. The molecule has 4 rings (SSSR count). The topological polar surface area (TPSA) is 24.1 Å². The van der Waals surface area contributed by atoms with Crippen molar-refractivity contribution in [3.63, 3.8) is 0 Å². The predicted molar refractivity (Wildman–Crippen MR) is 132 cm³/mol. The summed E-state index contributed by atoms with van der Waals surface area (Å²) in [7, 11) is 0.